The fourth-order valence-electron chi connectivity index (χ4n) is 1.85. The van der Waals surface area contributed by atoms with Gasteiger partial charge in [0.1, 0.15) is 12.4 Å². The highest BCUT2D eigenvalue weighted by atomic mass is 79.9. The molecule has 0 aliphatic heterocycles. The van der Waals surface area contributed by atoms with E-state index in [2.05, 4.69) is 15.9 Å². The van der Waals surface area contributed by atoms with Gasteiger partial charge in [-0.15, -0.1) is 0 Å². The first kappa shape index (κ1) is 15.7. The summed E-state index contributed by atoms with van der Waals surface area (Å²) in [6.07, 6.45) is 0. The predicted molar refractivity (Wildman–Crippen MR) is 79.3 cm³/mol. The zero-order valence-electron chi connectivity index (χ0n) is 11.3. The third kappa shape index (κ3) is 3.71. The highest BCUT2D eigenvalue weighted by Gasteiger charge is 2.12. The van der Waals surface area contributed by atoms with Crippen LogP contribution in [0.25, 0.3) is 0 Å². The number of halogens is 3. The Hall–Kier alpha value is -1.66. The molecule has 2 rings (SSSR count). The van der Waals surface area contributed by atoms with Gasteiger partial charge >= 0.3 is 0 Å². The number of ether oxygens (including phenoxy) is 2. The summed E-state index contributed by atoms with van der Waals surface area (Å²) in [5.41, 5.74) is 7.22. The van der Waals surface area contributed by atoms with Crippen LogP contribution in [0.4, 0.5) is 8.78 Å². The van der Waals surface area contributed by atoms with Crippen molar-refractivity contribution in [1.29, 1.82) is 0 Å². The number of hydrogen-bond donors (Lipinski definition) is 1. The third-order valence-corrected chi connectivity index (χ3v) is 3.38. The fourth-order valence-corrected chi connectivity index (χ4v) is 2.25. The molecule has 0 unspecified atom stereocenters. The summed E-state index contributed by atoms with van der Waals surface area (Å²) in [6.45, 7) is 0.448. The van der Waals surface area contributed by atoms with Gasteiger partial charge in [0, 0.05) is 16.6 Å². The van der Waals surface area contributed by atoms with Crippen LogP contribution < -0.4 is 15.2 Å². The Morgan fingerprint density at radius 1 is 1.14 bits per heavy atom. The predicted octanol–water partition coefficient (Wildman–Crippen LogP) is 3.77. The topological polar surface area (TPSA) is 44.5 Å². The van der Waals surface area contributed by atoms with Gasteiger partial charge in [-0.2, -0.15) is 4.39 Å². The standard InChI is InChI=1S/C15H14BrF2NO2/c1-20-13-4-9(2-3-10(13)7-19)8-21-14-6-11(16)5-12(17)15(14)18/h2-6H,7-8,19H2,1H3. The third-order valence-electron chi connectivity index (χ3n) is 2.93. The van der Waals surface area contributed by atoms with Crippen LogP contribution in [0.2, 0.25) is 0 Å². The second-order valence-corrected chi connectivity index (χ2v) is 5.25. The highest BCUT2D eigenvalue weighted by Crippen LogP contribution is 2.27. The summed E-state index contributed by atoms with van der Waals surface area (Å²) in [4.78, 5) is 0. The Bertz CT molecular complexity index is 650. The van der Waals surface area contributed by atoms with Gasteiger partial charge in [-0.1, -0.05) is 28.1 Å². The molecule has 0 saturated carbocycles. The molecule has 0 fully saturated rings. The summed E-state index contributed by atoms with van der Waals surface area (Å²) >= 11 is 3.09. The lowest BCUT2D eigenvalue weighted by atomic mass is 10.1. The SMILES string of the molecule is COc1cc(COc2cc(Br)cc(F)c2F)ccc1CN. The average Bonchev–Trinajstić information content (AvgIpc) is 2.49. The molecule has 2 aromatic rings. The van der Waals surface area contributed by atoms with Crippen LogP contribution in [0, 0.1) is 11.6 Å². The summed E-state index contributed by atoms with van der Waals surface area (Å²) < 4.78 is 37.8. The van der Waals surface area contributed by atoms with Crippen molar-refractivity contribution in [2.75, 3.05) is 7.11 Å². The van der Waals surface area contributed by atoms with E-state index in [4.69, 9.17) is 15.2 Å². The van der Waals surface area contributed by atoms with Crippen LogP contribution in [-0.4, -0.2) is 7.11 Å². The van der Waals surface area contributed by atoms with Gasteiger partial charge in [-0.05, 0) is 23.8 Å². The molecule has 3 nitrogen and oxygen atoms in total. The highest BCUT2D eigenvalue weighted by molar-refractivity contribution is 9.10. The zero-order valence-corrected chi connectivity index (χ0v) is 12.9. The maximum absolute atomic E-state index is 13.6. The van der Waals surface area contributed by atoms with Crippen LogP contribution in [0.5, 0.6) is 11.5 Å². The van der Waals surface area contributed by atoms with Crippen LogP contribution in [-0.2, 0) is 13.2 Å². The van der Waals surface area contributed by atoms with E-state index < -0.39 is 11.6 Å². The molecular formula is C15H14BrF2NO2. The summed E-state index contributed by atoms with van der Waals surface area (Å²) in [5.74, 6) is -1.48. The summed E-state index contributed by atoms with van der Waals surface area (Å²) in [6, 6.07) is 7.80. The molecule has 21 heavy (non-hydrogen) atoms. The van der Waals surface area contributed by atoms with E-state index in [0.717, 1.165) is 17.2 Å². The minimum atomic E-state index is -1.01. The van der Waals surface area contributed by atoms with Crippen molar-refractivity contribution < 1.29 is 18.3 Å². The average molecular weight is 358 g/mol. The minimum Gasteiger partial charge on any atom is -0.496 e. The van der Waals surface area contributed by atoms with E-state index in [-0.39, 0.29) is 12.4 Å². The Morgan fingerprint density at radius 3 is 2.57 bits per heavy atom. The molecule has 0 amide bonds. The largest absolute Gasteiger partial charge is 0.496 e. The minimum absolute atomic E-state index is 0.0913. The molecule has 112 valence electrons. The maximum atomic E-state index is 13.6. The van der Waals surface area contributed by atoms with Crippen LogP contribution in [0.15, 0.2) is 34.8 Å². The van der Waals surface area contributed by atoms with E-state index in [1.165, 1.54) is 6.07 Å². The molecule has 0 heterocycles. The second kappa shape index (κ2) is 6.87. The molecule has 0 atom stereocenters. The molecule has 2 aromatic carbocycles. The molecule has 6 heteroatoms. The smallest absolute Gasteiger partial charge is 0.200 e. The number of nitrogens with two attached hydrogens (primary N) is 1. The van der Waals surface area contributed by atoms with E-state index >= 15 is 0 Å². The van der Waals surface area contributed by atoms with E-state index in [0.29, 0.717) is 16.8 Å². The van der Waals surface area contributed by atoms with Crippen molar-refractivity contribution in [3.05, 3.63) is 57.6 Å². The summed E-state index contributed by atoms with van der Waals surface area (Å²) in [5, 5.41) is 0. The maximum Gasteiger partial charge on any atom is 0.200 e. The second-order valence-electron chi connectivity index (χ2n) is 4.34. The van der Waals surface area contributed by atoms with Gasteiger partial charge in [0.15, 0.2) is 11.6 Å². The molecule has 2 N–H and O–H groups in total. The number of methoxy groups -OCH3 is 1. The number of benzene rings is 2. The lowest BCUT2D eigenvalue weighted by Crippen LogP contribution is -2.03. The molecule has 0 spiro atoms. The van der Waals surface area contributed by atoms with Gasteiger partial charge in [0.05, 0.1) is 7.11 Å². The van der Waals surface area contributed by atoms with Gasteiger partial charge in [-0.3, -0.25) is 0 Å². The first-order chi connectivity index (χ1) is 10.0. The Kier molecular flexibility index (Phi) is 5.14. The molecule has 0 radical (unpaired) electrons. The molecule has 0 aliphatic rings. The number of hydrogen-bond acceptors (Lipinski definition) is 3. The van der Waals surface area contributed by atoms with Crippen LogP contribution in [0.1, 0.15) is 11.1 Å². The molecule has 0 aliphatic carbocycles. The van der Waals surface area contributed by atoms with Crippen LogP contribution >= 0.6 is 15.9 Å². The van der Waals surface area contributed by atoms with E-state index in [1.807, 2.05) is 6.07 Å². The van der Waals surface area contributed by atoms with Gasteiger partial charge in [-0.25, -0.2) is 4.39 Å². The first-order valence-electron chi connectivity index (χ1n) is 6.18. The fraction of sp³-hybridized carbons (Fsp3) is 0.200. The van der Waals surface area contributed by atoms with Crippen molar-refractivity contribution in [2.45, 2.75) is 13.2 Å². The van der Waals surface area contributed by atoms with E-state index in [9.17, 15) is 8.78 Å². The van der Waals surface area contributed by atoms with Crippen molar-refractivity contribution in [1.82, 2.24) is 0 Å². The zero-order chi connectivity index (χ0) is 15.4. The van der Waals surface area contributed by atoms with Gasteiger partial charge in [0.2, 0.25) is 5.82 Å². The van der Waals surface area contributed by atoms with Crippen molar-refractivity contribution in [3.63, 3.8) is 0 Å². The quantitative estimate of drug-likeness (QED) is 0.828. The lowest BCUT2D eigenvalue weighted by Gasteiger charge is -2.11. The van der Waals surface area contributed by atoms with E-state index in [1.54, 1.807) is 19.2 Å². The molecule has 0 aromatic heterocycles. The Labute approximate surface area is 129 Å². The molecular weight excluding hydrogens is 344 g/mol. The Balaban J connectivity index is 2.17. The van der Waals surface area contributed by atoms with Gasteiger partial charge < -0.3 is 15.2 Å². The van der Waals surface area contributed by atoms with Crippen molar-refractivity contribution in [3.8, 4) is 11.5 Å². The lowest BCUT2D eigenvalue weighted by molar-refractivity contribution is 0.283. The van der Waals surface area contributed by atoms with Crippen molar-refractivity contribution in [2.24, 2.45) is 5.73 Å². The molecule has 0 bridgehead atoms. The number of rotatable bonds is 5. The van der Waals surface area contributed by atoms with Crippen molar-refractivity contribution >= 4 is 15.9 Å². The summed E-state index contributed by atoms with van der Waals surface area (Å²) in [7, 11) is 1.54. The Morgan fingerprint density at radius 2 is 1.90 bits per heavy atom. The monoisotopic (exact) mass is 357 g/mol. The molecule has 0 saturated heterocycles. The van der Waals surface area contributed by atoms with Crippen LogP contribution in [0.3, 0.4) is 0 Å². The first-order valence-corrected chi connectivity index (χ1v) is 6.97. The van der Waals surface area contributed by atoms with Gasteiger partial charge in [0.25, 0.3) is 0 Å². The normalized spacial score (nSPS) is 10.5.